The van der Waals surface area contributed by atoms with Gasteiger partial charge in [-0.25, -0.2) is 4.98 Å². The molecule has 0 radical (unpaired) electrons. The number of halogens is 2. The Kier molecular flexibility index (Phi) is 9.94. The Morgan fingerprint density at radius 1 is 1.23 bits per heavy atom. The van der Waals surface area contributed by atoms with Crippen LogP contribution in [0.25, 0.3) is 0 Å². The van der Waals surface area contributed by atoms with E-state index in [1.165, 1.54) is 12.8 Å². The summed E-state index contributed by atoms with van der Waals surface area (Å²) in [6.45, 7) is 2.79. The fourth-order valence-electron chi connectivity index (χ4n) is 2.87. The second kappa shape index (κ2) is 11.4. The van der Waals surface area contributed by atoms with Crippen LogP contribution in [0.15, 0.2) is 35.7 Å². The summed E-state index contributed by atoms with van der Waals surface area (Å²) < 4.78 is 0. The fraction of sp³-hybridized carbons (Fsp3) is 0.444. The standard InChI is InChI=1S/C18H24N4OS.2ClH/c19-16(12-14-6-2-1-3-7-14)17(23)20-9-8-15-13-24-18(21-15)22-10-4-5-11-22;;/h1-3,6-7,13,16H,4-5,8-12,19H2,(H,20,23);2*1H. The second-order valence-corrected chi connectivity index (χ2v) is 6.99. The van der Waals surface area contributed by atoms with Crippen LogP contribution in [-0.2, 0) is 17.6 Å². The van der Waals surface area contributed by atoms with E-state index in [0.717, 1.165) is 35.9 Å². The molecule has 2 heterocycles. The zero-order valence-corrected chi connectivity index (χ0v) is 17.0. The minimum atomic E-state index is -0.511. The van der Waals surface area contributed by atoms with Crippen molar-refractivity contribution < 1.29 is 4.79 Å². The highest BCUT2D eigenvalue weighted by Gasteiger charge is 2.16. The summed E-state index contributed by atoms with van der Waals surface area (Å²) >= 11 is 1.69. The van der Waals surface area contributed by atoms with Crippen LogP contribution < -0.4 is 16.0 Å². The first-order valence-electron chi connectivity index (χ1n) is 8.49. The van der Waals surface area contributed by atoms with Crippen LogP contribution in [0, 0.1) is 0 Å². The normalized spacial score (nSPS) is 14.3. The number of hydrogen-bond donors (Lipinski definition) is 2. The van der Waals surface area contributed by atoms with Gasteiger partial charge in [-0.1, -0.05) is 30.3 Å². The molecule has 3 N–H and O–H groups in total. The number of amides is 1. The molecule has 1 aromatic heterocycles. The monoisotopic (exact) mass is 416 g/mol. The quantitative estimate of drug-likeness (QED) is 0.727. The number of aromatic nitrogens is 1. The summed E-state index contributed by atoms with van der Waals surface area (Å²) in [5, 5.41) is 6.11. The molecular weight excluding hydrogens is 391 g/mol. The zero-order valence-electron chi connectivity index (χ0n) is 14.6. The van der Waals surface area contributed by atoms with Gasteiger partial charge in [0.15, 0.2) is 5.13 Å². The van der Waals surface area contributed by atoms with Crippen LogP contribution in [-0.4, -0.2) is 36.6 Å². The third kappa shape index (κ3) is 6.43. The van der Waals surface area contributed by atoms with E-state index >= 15 is 0 Å². The highest BCUT2D eigenvalue weighted by Crippen LogP contribution is 2.24. The Morgan fingerprint density at radius 3 is 2.62 bits per heavy atom. The maximum atomic E-state index is 12.1. The number of nitrogens with one attached hydrogen (secondary N) is 1. The van der Waals surface area contributed by atoms with Gasteiger partial charge in [0, 0.05) is 31.4 Å². The molecule has 144 valence electrons. The number of anilines is 1. The lowest BCUT2D eigenvalue weighted by atomic mass is 10.1. The number of nitrogens with zero attached hydrogens (tertiary/aromatic N) is 2. The van der Waals surface area contributed by atoms with Gasteiger partial charge in [0.25, 0.3) is 0 Å². The predicted molar refractivity (Wildman–Crippen MR) is 113 cm³/mol. The van der Waals surface area contributed by atoms with Gasteiger partial charge in [-0.15, -0.1) is 36.2 Å². The SMILES string of the molecule is Cl.Cl.NC(Cc1ccccc1)C(=O)NCCc1csc(N2CCCC2)n1. The summed E-state index contributed by atoms with van der Waals surface area (Å²) in [5.41, 5.74) is 8.10. The molecule has 1 aliphatic heterocycles. The number of benzene rings is 1. The van der Waals surface area contributed by atoms with Crippen molar-refractivity contribution in [3.63, 3.8) is 0 Å². The van der Waals surface area contributed by atoms with Crippen molar-refractivity contribution in [3.8, 4) is 0 Å². The van der Waals surface area contributed by atoms with E-state index in [1.807, 2.05) is 30.3 Å². The number of nitrogens with two attached hydrogens (primary N) is 1. The maximum absolute atomic E-state index is 12.1. The molecule has 3 rings (SSSR count). The first kappa shape index (κ1) is 22.7. The molecule has 5 nitrogen and oxygen atoms in total. The Hall–Kier alpha value is -1.34. The van der Waals surface area contributed by atoms with E-state index in [9.17, 15) is 4.79 Å². The number of carbonyl (C=O) groups is 1. The summed E-state index contributed by atoms with van der Waals surface area (Å²) in [7, 11) is 0. The average molecular weight is 417 g/mol. The van der Waals surface area contributed by atoms with Crippen LogP contribution in [0.3, 0.4) is 0 Å². The van der Waals surface area contributed by atoms with Crippen LogP contribution in [0.4, 0.5) is 5.13 Å². The second-order valence-electron chi connectivity index (χ2n) is 6.15. The van der Waals surface area contributed by atoms with Crippen LogP contribution >= 0.6 is 36.2 Å². The number of rotatable bonds is 7. The highest BCUT2D eigenvalue weighted by molar-refractivity contribution is 7.13. The molecule has 1 saturated heterocycles. The molecule has 0 spiro atoms. The first-order chi connectivity index (χ1) is 11.7. The Bertz CT molecular complexity index is 662. The minimum absolute atomic E-state index is 0. The van der Waals surface area contributed by atoms with Gasteiger partial charge in [0.2, 0.25) is 5.91 Å². The molecule has 1 aromatic carbocycles. The van der Waals surface area contributed by atoms with Crippen LogP contribution in [0.2, 0.25) is 0 Å². The Labute approximate surface area is 171 Å². The number of thiazole rings is 1. The first-order valence-corrected chi connectivity index (χ1v) is 9.37. The lowest BCUT2D eigenvalue weighted by Gasteiger charge is -2.13. The molecule has 1 amide bonds. The minimum Gasteiger partial charge on any atom is -0.354 e. The molecule has 0 aliphatic carbocycles. The van der Waals surface area contributed by atoms with E-state index in [1.54, 1.807) is 11.3 Å². The van der Waals surface area contributed by atoms with Gasteiger partial charge in [0.1, 0.15) is 0 Å². The van der Waals surface area contributed by atoms with Gasteiger partial charge in [-0.3, -0.25) is 4.79 Å². The molecular formula is C18H26Cl2N4OS. The van der Waals surface area contributed by atoms with Crippen molar-refractivity contribution in [1.29, 1.82) is 0 Å². The van der Waals surface area contributed by atoms with Crippen molar-refractivity contribution in [2.45, 2.75) is 31.7 Å². The number of hydrogen-bond acceptors (Lipinski definition) is 5. The topological polar surface area (TPSA) is 71.2 Å². The summed E-state index contributed by atoms with van der Waals surface area (Å²) in [5.74, 6) is -0.103. The molecule has 1 fully saturated rings. The van der Waals surface area contributed by atoms with Crippen molar-refractivity contribution in [2.75, 3.05) is 24.5 Å². The van der Waals surface area contributed by atoms with Gasteiger partial charge in [-0.05, 0) is 24.8 Å². The van der Waals surface area contributed by atoms with Crippen molar-refractivity contribution >= 4 is 47.2 Å². The fourth-order valence-corrected chi connectivity index (χ4v) is 3.78. The van der Waals surface area contributed by atoms with E-state index in [0.29, 0.717) is 13.0 Å². The largest absolute Gasteiger partial charge is 0.354 e. The van der Waals surface area contributed by atoms with Crippen LogP contribution in [0.5, 0.6) is 0 Å². The molecule has 0 bridgehead atoms. The average Bonchev–Trinajstić information content (AvgIpc) is 3.27. The van der Waals surface area contributed by atoms with E-state index < -0.39 is 6.04 Å². The highest BCUT2D eigenvalue weighted by atomic mass is 35.5. The smallest absolute Gasteiger partial charge is 0.237 e. The van der Waals surface area contributed by atoms with Gasteiger partial charge < -0.3 is 16.0 Å². The maximum Gasteiger partial charge on any atom is 0.237 e. The van der Waals surface area contributed by atoms with Gasteiger partial charge in [-0.2, -0.15) is 0 Å². The zero-order chi connectivity index (χ0) is 16.8. The van der Waals surface area contributed by atoms with Crippen molar-refractivity contribution in [2.24, 2.45) is 5.73 Å². The van der Waals surface area contributed by atoms with Crippen LogP contribution in [0.1, 0.15) is 24.1 Å². The Morgan fingerprint density at radius 2 is 1.92 bits per heavy atom. The van der Waals surface area contributed by atoms with E-state index in [2.05, 4.69) is 20.6 Å². The number of carbonyl (C=O) groups excluding carboxylic acids is 1. The van der Waals surface area contributed by atoms with Crippen molar-refractivity contribution in [3.05, 3.63) is 47.0 Å². The lowest BCUT2D eigenvalue weighted by Crippen LogP contribution is -2.42. The molecule has 8 heteroatoms. The third-order valence-corrected chi connectivity index (χ3v) is 5.18. The van der Waals surface area contributed by atoms with E-state index in [4.69, 9.17) is 5.73 Å². The summed E-state index contributed by atoms with van der Waals surface area (Å²) in [4.78, 5) is 19.1. The lowest BCUT2D eigenvalue weighted by molar-refractivity contribution is -0.122. The summed E-state index contributed by atoms with van der Waals surface area (Å²) in [6, 6.07) is 9.34. The molecule has 1 atom stereocenters. The molecule has 1 aliphatic rings. The van der Waals surface area contributed by atoms with E-state index in [-0.39, 0.29) is 30.7 Å². The van der Waals surface area contributed by atoms with Crippen molar-refractivity contribution in [1.82, 2.24) is 10.3 Å². The molecule has 26 heavy (non-hydrogen) atoms. The molecule has 2 aromatic rings. The molecule has 1 unspecified atom stereocenters. The third-order valence-electron chi connectivity index (χ3n) is 4.23. The summed E-state index contributed by atoms with van der Waals surface area (Å²) in [6.07, 6.45) is 3.81. The Balaban J connectivity index is 0.00000169. The predicted octanol–water partition coefficient (Wildman–Crippen LogP) is 2.82. The van der Waals surface area contributed by atoms with Gasteiger partial charge in [0.05, 0.1) is 11.7 Å². The molecule has 0 saturated carbocycles. The van der Waals surface area contributed by atoms with Gasteiger partial charge >= 0.3 is 0 Å².